The Balaban J connectivity index is 1.84. The minimum absolute atomic E-state index is 0.683. The first kappa shape index (κ1) is 10.2. The van der Waals surface area contributed by atoms with Gasteiger partial charge in [0.15, 0.2) is 0 Å². The molecule has 3 atom stereocenters. The molecule has 2 bridgehead atoms. The monoisotopic (exact) mass is 206 g/mol. The Labute approximate surface area is 94.8 Å². The van der Waals surface area contributed by atoms with E-state index in [0.717, 1.165) is 23.2 Å². The van der Waals surface area contributed by atoms with Crippen molar-refractivity contribution in [1.29, 1.82) is 0 Å². The van der Waals surface area contributed by atoms with Crippen molar-refractivity contribution in [2.75, 3.05) is 0 Å². The van der Waals surface area contributed by atoms with Crippen LogP contribution < -0.4 is 0 Å². The summed E-state index contributed by atoms with van der Waals surface area (Å²) in [6, 6.07) is 0. The molecule has 0 heterocycles. The van der Waals surface area contributed by atoms with Crippen molar-refractivity contribution >= 4 is 0 Å². The van der Waals surface area contributed by atoms with Crippen molar-refractivity contribution in [2.45, 2.75) is 65.7 Å². The maximum Gasteiger partial charge on any atom is -0.0266 e. The minimum Gasteiger partial charge on any atom is -0.0617 e. The molecular weight excluding hydrogens is 180 g/mol. The molecule has 4 rings (SSSR count). The van der Waals surface area contributed by atoms with Crippen LogP contribution >= 0.6 is 0 Å². The summed E-state index contributed by atoms with van der Waals surface area (Å²) in [5.74, 6) is 3.13. The molecule has 0 aromatic rings. The average Bonchev–Trinajstić information content (AvgIpc) is 2.23. The van der Waals surface area contributed by atoms with Gasteiger partial charge in [0.25, 0.3) is 0 Å². The quantitative estimate of drug-likeness (QED) is 0.541. The third kappa shape index (κ3) is 1.20. The summed E-state index contributed by atoms with van der Waals surface area (Å²) in [6.45, 7) is 7.63. The van der Waals surface area contributed by atoms with Crippen LogP contribution in [0.25, 0.3) is 0 Å². The lowest BCUT2D eigenvalue weighted by atomic mass is 9.38. The van der Waals surface area contributed by atoms with Gasteiger partial charge in [-0.25, -0.2) is 0 Å². The summed E-state index contributed by atoms with van der Waals surface area (Å²) >= 11 is 0. The van der Waals surface area contributed by atoms with Gasteiger partial charge in [-0.1, -0.05) is 40.0 Å². The Morgan fingerprint density at radius 1 is 1.00 bits per heavy atom. The highest BCUT2D eigenvalue weighted by Gasteiger charge is 2.61. The fourth-order valence-corrected chi connectivity index (χ4v) is 5.27. The number of hydrogen-bond acceptors (Lipinski definition) is 0. The summed E-state index contributed by atoms with van der Waals surface area (Å²) in [6.07, 6.45) is 10.8. The second kappa shape index (κ2) is 3.02. The Hall–Kier alpha value is 0. The van der Waals surface area contributed by atoms with Crippen LogP contribution in [-0.4, -0.2) is 0 Å². The zero-order valence-corrected chi connectivity index (χ0v) is 10.7. The van der Waals surface area contributed by atoms with E-state index in [0.29, 0.717) is 5.41 Å². The molecule has 1 spiro atoms. The van der Waals surface area contributed by atoms with Crippen molar-refractivity contribution in [1.82, 2.24) is 0 Å². The van der Waals surface area contributed by atoms with Gasteiger partial charge in [0, 0.05) is 0 Å². The van der Waals surface area contributed by atoms with Gasteiger partial charge in [-0.05, 0) is 54.3 Å². The lowest BCUT2D eigenvalue weighted by Crippen LogP contribution is -2.59. The summed E-state index contributed by atoms with van der Waals surface area (Å²) in [5.41, 5.74) is 1.48. The van der Waals surface area contributed by atoms with Crippen molar-refractivity contribution < 1.29 is 0 Å². The molecule has 15 heavy (non-hydrogen) atoms. The molecule has 4 aliphatic rings. The van der Waals surface area contributed by atoms with Crippen LogP contribution in [0.1, 0.15) is 65.7 Å². The Bertz CT molecular complexity index is 257. The first-order chi connectivity index (χ1) is 7.06. The van der Waals surface area contributed by atoms with Crippen molar-refractivity contribution in [3.05, 3.63) is 0 Å². The molecule has 0 aliphatic heterocycles. The fraction of sp³-hybridized carbons (Fsp3) is 1.00. The molecule has 4 aliphatic carbocycles. The van der Waals surface area contributed by atoms with Gasteiger partial charge in [-0.15, -0.1) is 0 Å². The first-order valence-electron chi connectivity index (χ1n) is 7.06. The minimum atomic E-state index is 0.683. The van der Waals surface area contributed by atoms with Gasteiger partial charge in [0.05, 0.1) is 0 Å². The second-order valence-electron chi connectivity index (χ2n) is 7.28. The Kier molecular flexibility index (Phi) is 2.05. The largest absolute Gasteiger partial charge is 0.0617 e. The standard InChI is InChI=1S/C15H26/c1-11-13-9-12(14(13,2)3)10-15(11)7-5-4-6-8-15/h11-13H,4-10H2,1-3H3. The van der Waals surface area contributed by atoms with E-state index in [1.54, 1.807) is 25.7 Å². The molecule has 3 unspecified atom stereocenters. The van der Waals surface area contributed by atoms with E-state index in [1.807, 2.05) is 0 Å². The van der Waals surface area contributed by atoms with Gasteiger partial charge in [0.1, 0.15) is 0 Å². The Morgan fingerprint density at radius 2 is 1.67 bits per heavy atom. The topological polar surface area (TPSA) is 0 Å². The van der Waals surface area contributed by atoms with Gasteiger partial charge in [-0.3, -0.25) is 0 Å². The molecule has 0 heteroatoms. The third-order valence-corrected chi connectivity index (χ3v) is 6.62. The maximum atomic E-state index is 2.58. The second-order valence-corrected chi connectivity index (χ2v) is 7.28. The molecular formula is C15H26. The summed E-state index contributed by atoms with van der Waals surface area (Å²) in [4.78, 5) is 0. The van der Waals surface area contributed by atoms with Crippen LogP contribution in [0.3, 0.4) is 0 Å². The number of hydrogen-bond donors (Lipinski definition) is 0. The van der Waals surface area contributed by atoms with Gasteiger partial charge in [-0.2, -0.15) is 0 Å². The predicted octanol–water partition coefficient (Wildman–Crippen LogP) is 4.64. The average molecular weight is 206 g/mol. The van der Waals surface area contributed by atoms with Crippen LogP contribution in [0.4, 0.5) is 0 Å². The van der Waals surface area contributed by atoms with Gasteiger partial charge >= 0.3 is 0 Å². The predicted molar refractivity (Wildman–Crippen MR) is 64.7 cm³/mol. The van der Waals surface area contributed by atoms with E-state index < -0.39 is 0 Å². The van der Waals surface area contributed by atoms with Crippen molar-refractivity contribution in [2.24, 2.45) is 28.6 Å². The molecule has 0 aromatic heterocycles. The third-order valence-electron chi connectivity index (χ3n) is 6.62. The summed E-state index contributed by atoms with van der Waals surface area (Å²) in [5, 5.41) is 0. The lowest BCUT2D eigenvalue weighted by molar-refractivity contribution is -0.178. The lowest BCUT2D eigenvalue weighted by Gasteiger charge is -2.67. The van der Waals surface area contributed by atoms with Gasteiger partial charge < -0.3 is 0 Å². The highest BCUT2D eigenvalue weighted by Crippen LogP contribution is 2.69. The highest BCUT2D eigenvalue weighted by molar-refractivity contribution is 5.10. The van der Waals surface area contributed by atoms with Crippen molar-refractivity contribution in [3.8, 4) is 0 Å². The molecule has 0 N–H and O–H groups in total. The Morgan fingerprint density at radius 3 is 2.20 bits per heavy atom. The zero-order chi connectivity index (χ0) is 10.7. The molecule has 0 saturated heterocycles. The molecule has 4 saturated carbocycles. The fourth-order valence-electron chi connectivity index (χ4n) is 5.27. The summed E-state index contributed by atoms with van der Waals surface area (Å²) in [7, 11) is 0. The van der Waals surface area contributed by atoms with E-state index in [9.17, 15) is 0 Å². The highest BCUT2D eigenvalue weighted by atomic mass is 14.7. The molecule has 4 fully saturated rings. The normalized spacial score (nSPS) is 46.2. The molecule has 0 nitrogen and oxygen atoms in total. The van der Waals surface area contributed by atoms with Crippen LogP contribution in [0, 0.1) is 28.6 Å². The van der Waals surface area contributed by atoms with E-state index >= 15 is 0 Å². The van der Waals surface area contributed by atoms with Gasteiger partial charge in [0.2, 0.25) is 0 Å². The van der Waals surface area contributed by atoms with Crippen molar-refractivity contribution in [3.63, 3.8) is 0 Å². The van der Waals surface area contributed by atoms with Crippen LogP contribution in [0.15, 0.2) is 0 Å². The zero-order valence-electron chi connectivity index (χ0n) is 10.7. The summed E-state index contributed by atoms with van der Waals surface area (Å²) < 4.78 is 0. The van der Waals surface area contributed by atoms with Crippen LogP contribution in [0.2, 0.25) is 0 Å². The van der Waals surface area contributed by atoms with E-state index in [4.69, 9.17) is 0 Å². The maximum absolute atomic E-state index is 2.58. The number of rotatable bonds is 0. The van der Waals surface area contributed by atoms with E-state index in [1.165, 1.54) is 19.3 Å². The molecule has 0 amide bonds. The molecule has 0 radical (unpaired) electrons. The van der Waals surface area contributed by atoms with E-state index in [-0.39, 0.29) is 0 Å². The molecule has 86 valence electrons. The SMILES string of the molecule is CC1C2CC(CC13CCCCC3)C2(C)C. The smallest absolute Gasteiger partial charge is 0.0266 e. The van der Waals surface area contributed by atoms with E-state index in [2.05, 4.69) is 20.8 Å². The molecule has 0 aromatic carbocycles. The van der Waals surface area contributed by atoms with Crippen LogP contribution in [-0.2, 0) is 0 Å². The first-order valence-corrected chi connectivity index (χ1v) is 7.06. The van der Waals surface area contributed by atoms with Crippen LogP contribution in [0.5, 0.6) is 0 Å².